The number of thiophene rings is 1. The summed E-state index contributed by atoms with van der Waals surface area (Å²) in [6.07, 6.45) is 1.60. The van der Waals surface area contributed by atoms with Crippen molar-refractivity contribution in [3.63, 3.8) is 0 Å². The fraction of sp³-hybridized carbons (Fsp3) is 0.108. The normalized spacial score (nSPS) is 15.8. The van der Waals surface area contributed by atoms with Crippen molar-refractivity contribution in [2.45, 2.75) is 26.2 Å². The van der Waals surface area contributed by atoms with E-state index in [0.29, 0.717) is 0 Å². The molecule has 1 saturated heterocycles. The van der Waals surface area contributed by atoms with E-state index in [1.807, 2.05) is 0 Å². The minimum Gasteiger partial charge on any atom is -0.301 e. The third kappa shape index (κ3) is 3.50. The van der Waals surface area contributed by atoms with E-state index in [2.05, 4.69) is 127 Å². The lowest BCUT2D eigenvalue weighted by atomic mass is 9.66. The summed E-state index contributed by atoms with van der Waals surface area (Å²) < 4.78 is 0. The Morgan fingerprint density at radius 2 is 1.23 bits per heavy atom. The summed E-state index contributed by atoms with van der Waals surface area (Å²) in [5, 5.41) is 5.42. The number of rotatable bonds is 2. The van der Waals surface area contributed by atoms with Crippen LogP contribution in [0.5, 0.6) is 0 Å². The zero-order chi connectivity index (χ0) is 30.3. The minimum absolute atomic E-state index is 0.101. The average Bonchev–Trinajstić information content (AvgIpc) is 3.54. The molecule has 1 spiro atoms. The molecule has 2 N–H and O–H groups in total. The van der Waals surface area contributed by atoms with E-state index in [-0.39, 0.29) is 5.57 Å². The number of para-hydroxylation sites is 1. The number of anilines is 3. The summed E-state index contributed by atoms with van der Waals surface area (Å²) in [6.45, 7) is 6.40. The number of barbiturate groups is 1. The second kappa shape index (κ2) is 9.36. The van der Waals surface area contributed by atoms with Crippen LogP contribution in [0.4, 0.5) is 21.2 Å². The minimum atomic E-state index is -0.812. The van der Waals surface area contributed by atoms with Gasteiger partial charge in [0.1, 0.15) is 10.6 Å². The van der Waals surface area contributed by atoms with E-state index >= 15 is 0 Å². The largest absolute Gasteiger partial charge is 0.328 e. The molecule has 4 amide bonds. The second-order valence-corrected chi connectivity index (χ2v) is 12.7. The van der Waals surface area contributed by atoms with Gasteiger partial charge in [-0.15, -0.1) is 11.3 Å². The Hall–Kier alpha value is -5.27. The first-order chi connectivity index (χ1) is 21.3. The first-order valence-electron chi connectivity index (χ1n) is 14.5. The number of urea groups is 1. The molecule has 1 aromatic heterocycles. The van der Waals surface area contributed by atoms with Crippen molar-refractivity contribution in [3.05, 3.63) is 140 Å². The Labute approximate surface area is 258 Å². The number of hydrogen-bond donors (Lipinski definition) is 2. The van der Waals surface area contributed by atoms with Gasteiger partial charge < -0.3 is 4.90 Å². The summed E-state index contributed by atoms with van der Waals surface area (Å²) in [5.41, 5.74) is 12.0. The van der Waals surface area contributed by atoms with Crippen LogP contribution in [-0.2, 0) is 15.0 Å². The van der Waals surface area contributed by atoms with Crippen molar-refractivity contribution in [2.24, 2.45) is 0 Å². The topological polar surface area (TPSA) is 78.5 Å². The van der Waals surface area contributed by atoms with E-state index in [1.54, 1.807) is 6.08 Å². The van der Waals surface area contributed by atoms with E-state index in [1.165, 1.54) is 44.7 Å². The Balaban J connectivity index is 1.49. The highest BCUT2D eigenvalue weighted by Crippen LogP contribution is 2.65. The van der Waals surface area contributed by atoms with Gasteiger partial charge in [-0.05, 0) is 77.9 Å². The van der Waals surface area contributed by atoms with Crippen molar-refractivity contribution >= 4 is 51.6 Å². The van der Waals surface area contributed by atoms with Crippen LogP contribution in [0.1, 0.15) is 43.8 Å². The lowest BCUT2D eigenvalue weighted by molar-refractivity contribution is -0.123. The molecule has 214 valence electrons. The zero-order valence-corrected chi connectivity index (χ0v) is 25.1. The monoisotopic (exact) mass is 593 g/mol. The number of carbonyl (C=O) groups excluding carboxylic acids is 3. The quantitative estimate of drug-likeness (QED) is 0.160. The molecule has 0 bridgehead atoms. The lowest BCUT2D eigenvalue weighted by Gasteiger charge is -2.44. The molecule has 3 aliphatic rings. The van der Waals surface area contributed by atoms with Gasteiger partial charge in [-0.1, -0.05) is 84.4 Å². The van der Waals surface area contributed by atoms with Crippen molar-refractivity contribution in [1.29, 1.82) is 0 Å². The Morgan fingerprint density at radius 1 is 0.682 bits per heavy atom. The van der Waals surface area contributed by atoms with Crippen molar-refractivity contribution in [2.75, 3.05) is 4.90 Å². The molecule has 7 heteroatoms. The van der Waals surface area contributed by atoms with Crippen LogP contribution < -0.4 is 15.5 Å². The van der Waals surface area contributed by atoms with Gasteiger partial charge in [0, 0.05) is 10.4 Å². The molecule has 0 radical (unpaired) electrons. The molecule has 1 fully saturated rings. The van der Waals surface area contributed by atoms with E-state index in [4.69, 9.17) is 0 Å². The second-order valence-electron chi connectivity index (χ2n) is 11.6. The number of nitrogens with one attached hydrogen (secondary N) is 2. The third-order valence-corrected chi connectivity index (χ3v) is 10.00. The predicted molar refractivity (Wildman–Crippen MR) is 174 cm³/mol. The summed E-state index contributed by atoms with van der Waals surface area (Å²) in [4.78, 5) is 40.4. The third-order valence-electron chi connectivity index (χ3n) is 8.93. The van der Waals surface area contributed by atoms with Crippen LogP contribution in [0.25, 0.3) is 17.2 Å². The van der Waals surface area contributed by atoms with Gasteiger partial charge in [-0.2, -0.15) is 0 Å². The van der Waals surface area contributed by atoms with Crippen molar-refractivity contribution in [1.82, 2.24) is 10.6 Å². The Bertz CT molecular complexity index is 2050. The SMILES string of the molecule is Cc1cc(C)c(N2c3ccccc3C3(c4ccccc4-c4ccccc43)c3cc(C=C4C(=O)NC(=O)NC4=O)sc32)c(C)c1. The standard InChI is InChI=1S/C37H27N3O3S/c1-20-16-21(2)32(22(3)17-20)40-31-15-9-8-14-29(31)37(27-12-6-4-10-24(27)25-11-5-7-13-28(25)37)30-19-23(44-35(30)40)18-26-33(41)38-36(43)39-34(26)42/h4-19H,1-3H3,(H2,38,39,41,42,43). The summed E-state index contributed by atoms with van der Waals surface area (Å²) >= 11 is 1.54. The number of hydrogen-bond acceptors (Lipinski definition) is 5. The van der Waals surface area contributed by atoms with Gasteiger partial charge in [-0.3, -0.25) is 20.2 Å². The molecule has 2 aliphatic heterocycles. The molecule has 44 heavy (non-hydrogen) atoms. The van der Waals surface area contributed by atoms with Crippen LogP contribution in [0.15, 0.2) is 96.6 Å². The van der Waals surface area contributed by atoms with Crippen LogP contribution in [0.2, 0.25) is 0 Å². The highest BCUT2D eigenvalue weighted by atomic mass is 32.1. The van der Waals surface area contributed by atoms with Gasteiger partial charge in [0.05, 0.1) is 16.8 Å². The molecular weight excluding hydrogens is 566 g/mol. The lowest BCUT2D eigenvalue weighted by Crippen LogP contribution is -2.51. The van der Waals surface area contributed by atoms with Gasteiger partial charge >= 0.3 is 6.03 Å². The molecular formula is C37H27N3O3S. The maximum absolute atomic E-state index is 12.8. The molecule has 0 atom stereocenters. The molecule has 5 aromatic rings. The summed E-state index contributed by atoms with van der Waals surface area (Å²) in [6, 6.07) is 31.5. The maximum atomic E-state index is 12.8. The average molecular weight is 594 g/mol. The molecule has 4 aromatic carbocycles. The van der Waals surface area contributed by atoms with E-state index in [9.17, 15) is 14.4 Å². The molecule has 0 unspecified atom stereocenters. The number of benzene rings is 4. The number of amides is 4. The van der Waals surface area contributed by atoms with Gasteiger partial charge in [0.2, 0.25) is 0 Å². The summed E-state index contributed by atoms with van der Waals surface area (Å²) in [7, 11) is 0. The molecule has 0 saturated carbocycles. The zero-order valence-electron chi connectivity index (χ0n) is 24.3. The Kier molecular flexibility index (Phi) is 5.61. The van der Waals surface area contributed by atoms with E-state index in [0.717, 1.165) is 37.9 Å². The highest BCUT2D eigenvalue weighted by molar-refractivity contribution is 7.17. The van der Waals surface area contributed by atoms with Gasteiger partial charge in [0.25, 0.3) is 11.8 Å². The molecule has 1 aliphatic carbocycles. The first kappa shape index (κ1) is 26.4. The van der Waals surface area contributed by atoms with E-state index < -0.39 is 23.3 Å². The fourth-order valence-corrected chi connectivity index (χ4v) is 8.64. The van der Waals surface area contributed by atoms with Gasteiger partial charge in [0.15, 0.2) is 0 Å². The Morgan fingerprint density at radius 3 is 1.84 bits per heavy atom. The van der Waals surface area contributed by atoms with Crippen LogP contribution in [0, 0.1) is 20.8 Å². The highest BCUT2D eigenvalue weighted by Gasteiger charge is 2.52. The van der Waals surface area contributed by atoms with Crippen molar-refractivity contribution in [3.8, 4) is 11.1 Å². The van der Waals surface area contributed by atoms with Crippen LogP contribution in [0.3, 0.4) is 0 Å². The molecule has 6 nitrogen and oxygen atoms in total. The van der Waals surface area contributed by atoms with Gasteiger partial charge in [-0.25, -0.2) is 4.79 Å². The number of carbonyl (C=O) groups is 3. The summed E-state index contributed by atoms with van der Waals surface area (Å²) in [5.74, 6) is -1.41. The predicted octanol–water partition coefficient (Wildman–Crippen LogP) is 7.57. The maximum Gasteiger partial charge on any atom is 0.328 e. The number of imide groups is 2. The fourth-order valence-electron chi connectivity index (χ4n) is 7.46. The smallest absolute Gasteiger partial charge is 0.301 e. The molecule has 8 rings (SSSR count). The number of fused-ring (bicyclic) bond motifs is 9. The van der Waals surface area contributed by atoms with Crippen molar-refractivity contribution < 1.29 is 14.4 Å². The number of aryl methyl sites for hydroxylation is 3. The van der Waals surface area contributed by atoms with Crippen LogP contribution in [-0.4, -0.2) is 17.8 Å². The van der Waals surface area contributed by atoms with Crippen LogP contribution >= 0.6 is 11.3 Å². The number of nitrogens with zero attached hydrogens (tertiary/aromatic N) is 1. The first-order valence-corrected chi connectivity index (χ1v) is 15.3. The molecule has 3 heterocycles.